The number of unbranched alkanes of at least 4 members (excludes halogenated alkanes) is 5. The summed E-state index contributed by atoms with van der Waals surface area (Å²) in [7, 11) is 0. The first-order valence-corrected chi connectivity index (χ1v) is 6.59. The Balaban J connectivity index is 3.36. The van der Waals surface area contributed by atoms with Gasteiger partial charge >= 0.3 is 5.97 Å². The topological polar surface area (TPSA) is 63.6 Å². The Morgan fingerprint density at radius 2 is 1.76 bits per heavy atom. The van der Waals surface area contributed by atoms with Crippen LogP contribution in [0, 0.1) is 0 Å². The second-order valence-corrected chi connectivity index (χ2v) is 4.49. The van der Waals surface area contributed by atoms with Crippen molar-refractivity contribution in [1.82, 2.24) is 0 Å². The number of carbonyl (C=O) groups is 2. The molecule has 0 saturated heterocycles. The second kappa shape index (κ2) is 10.6. The van der Waals surface area contributed by atoms with E-state index < -0.39 is 17.2 Å². The minimum Gasteiger partial charge on any atom is -0.466 e. The Hall–Kier alpha value is -0.550. The van der Waals surface area contributed by atoms with Crippen LogP contribution < -0.4 is 0 Å². The number of rotatable bonds is 10. The third kappa shape index (κ3) is 10.3. The van der Waals surface area contributed by atoms with Crippen LogP contribution in [-0.2, 0) is 14.3 Å². The Bertz CT molecular complexity index is 231. The van der Waals surface area contributed by atoms with Gasteiger partial charge in [-0.15, -0.1) is 12.6 Å². The van der Waals surface area contributed by atoms with E-state index in [-0.39, 0.29) is 6.42 Å². The molecule has 4 nitrogen and oxygen atoms in total. The van der Waals surface area contributed by atoms with E-state index in [4.69, 9.17) is 9.84 Å². The third-order valence-electron chi connectivity index (χ3n) is 2.41. The lowest BCUT2D eigenvalue weighted by Crippen LogP contribution is -2.21. The first-order valence-electron chi connectivity index (χ1n) is 6.14. The van der Waals surface area contributed by atoms with Crippen molar-refractivity contribution >= 4 is 23.7 Å². The number of hydrogen-bond donors (Lipinski definition) is 2. The minimum atomic E-state index is -1.35. The lowest BCUT2D eigenvalue weighted by atomic mass is 10.1. The average molecular weight is 262 g/mol. The number of carbonyl (C=O) groups excluding carboxylic acids is 2. The number of aliphatic hydroxyl groups excluding tert-OH is 1. The molecule has 0 amide bonds. The highest BCUT2D eigenvalue weighted by molar-refractivity contribution is 7.96. The van der Waals surface area contributed by atoms with E-state index in [9.17, 15) is 9.59 Å². The Labute approximate surface area is 108 Å². The summed E-state index contributed by atoms with van der Waals surface area (Å²) in [6.07, 6.45) is 5.05. The van der Waals surface area contributed by atoms with Gasteiger partial charge in [-0.2, -0.15) is 0 Å². The molecule has 1 unspecified atom stereocenters. The third-order valence-corrected chi connectivity index (χ3v) is 2.70. The normalized spacial score (nSPS) is 12.2. The molecular formula is C12H22O4S. The van der Waals surface area contributed by atoms with Gasteiger partial charge < -0.3 is 9.84 Å². The van der Waals surface area contributed by atoms with Crippen LogP contribution in [0.5, 0.6) is 0 Å². The maximum atomic E-state index is 11.1. The van der Waals surface area contributed by atoms with Crippen LogP contribution in [-0.4, -0.2) is 28.9 Å². The van der Waals surface area contributed by atoms with Crippen molar-refractivity contribution in [1.29, 1.82) is 0 Å². The summed E-state index contributed by atoms with van der Waals surface area (Å²) in [5.74, 6) is -0.548. The van der Waals surface area contributed by atoms with Crippen LogP contribution in [0.1, 0.15) is 51.9 Å². The van der Waals surface area contributed by atoms with Crippen molar-refractivity contribution in [2.24, 2.45) is 0 Å². The first-order chi connectivity index (χ1) is 8.07. The first kappa shape index (κ1) is 16.4. The van der Waals surface area contributed by atoms with E-state index in [1.54, 1.807) is 0 Å². The molecule has 0 aliphatic carbocycles. The molecule has 0 radical (unpaired) electrons. The zero-order valence-corrected chi connectivity index (χ0v) is 11.2. The smallest absolute Gasteiger partial charge is 0.308 e. The summed E-state index contributed by atoms with van der Waals surface area (Å²) >= 11 is 3.43. The van der Waals surface area contributed by atoms with E-state index in [2.05, 4.69) is 19.6 Å². The predicted molar refractivity (Wildman–Crippen MR) is 69.0 cm³/mol. The Morgan fingerprint density at radius 1 is 1.18 bits per heavy atom. The van der Waals surface area contributed by atoms with Crippen LogP contribution in [0.3, 0.4) is 0 Å². The van der Waals surface area contributed by atoms with E-state index in [0.29, 0.717) is 6.61 Å². The second-order valence-electron chi connectivity index (χ2n) is 4.05. The van der Waals surface area contributed by atoms with Crippen molar-refractivity contribution in [3.63, 3.8) is 0 Å². The predicted octanol–water partition coefficient (Wildman–Crippen LogP) is 2.10. The molecule has 1 atom stereocenters. The molecule has 0 rings (SSSR count). The molecule has 17 heavy (non-hydrogen) atoms. The van der Waals surface area contributed by atoms with Crippen LogP contribution in [0.25, 0.3) is 0 Å². The van der Waals surface area contributed by atoms with Gasteiger partial charge in [-0.05, 0) is 6.42 Å². The van der Waals surface area contributed by atoms with Crippen LogP contribution in [0.15, 0.2) is 0 Å². The largest absolute Gasteiger partial charge is 0.466 e. The average Bonchev–Trinajstić information content (AvgIpc) is 2.27. The van der Waals surface area contributed by atoms with Gasteiger partial charge in [0, 0.05) is 0 Å². The van der Waals surface area contributed by atoms with Crippen molar-refractivity contribution in [3.8, 4) is 0 Å². The standard InChI is InChI=1S/C12H22O4S/c1-2-3-4-5-6-7-8-16-11(14)9-10(13)12(15)17/h10,13H,2-9H2,1H3,(H,15,17). The molecule has 0 aliphatic rings. The molecular weight excluding hydrogens is 240 g/mol. The van der Waals surface area contributed by atoms with Crippen LogP contribution in [0.2, 0.25) is 0 Å². The van der Waals surface area contributed by atoms with Gasteiger partial charge in [0.05, 0.1) is 13.0 Å². The van der Waals surface area contributed by atoms with Crippen LogP contribution >= 0.6 is 12.6 Å². The highest BCUT2D eigenvalue weighted by Gasteiger charge is 2.16. The summed E-state index contributed by atoms with van der Waals surface area (Å²) in [5.41, 5.74) is 0. The lowest BCUT2D eigenvalue weighted by molar-refractivity contribution is -0.147. The summed E-state index contributed by atoms with van der Waals surface area (Å²) < 4.78 is 4.88. The molecule has 0 aromatic heterocycles. The zero-order chi connectivity index (χ0) is 13.1. The summed E-state index contributed by atoms with van der Waals surface area (Å²) in [6.45, 7) is 2.52. The highest BCUT2D eigenvalue weighted by atomic mass is 32.1. The molecule has 0 aliphatic heterocycles. The summed E-state index contributed by atoms with van der Waals surface area (Å²) in [5, 5.41) is 8.36. The molecule has 0 spiro atoms. The molecule has 0 fully saturated rings. The van der Waals surface area contributed by atoms with Gasteiger partial charge in [0.15, 0.2) is 0 Å². The van der Waals surface area contributed by atoms with Gasteiger partial charge in [-0.1, -0.05) is 39.0 Å². The fourth-order valence-electron chi connectivity index (χ4n) is 1.37. The van der Waals surface area contributed by atoms with E-state index >= 15 is 0 Å². The zero-order valence-electron chi connectivity index (χ0n) is 10.4. The minimum absolute atomic E-state index is 0.307. The SMILES string of the molecule is CCCCCCCCOC(=O)CC(O)C(=O)S. The Kier molecular flexibility index (Phi) is 10.3. The van der Waals surface area contributed by atoms with Crippen molar-refractivity contribution in [2.75, 3.05) is 6.61 Å². The number of thiol groups is 1. The lowest BCUT2D eigenvalue weighted by Gasteiger charge is -2.07. The number of esters is 1. The monoisotopic (exact) mass is 262 g/mol. The maximum absolute atomic E-state index is 11.1. The fourth-order valence-corrected chi connectivity index (χ4v) is 1.46. The van der Waals surface area contributed by atoms with Gasteiger partial charge in [0.25, 0.3) is 0 Å². The van der Waals surface area contributed by atoms with Crippen LogP contribution in [0.4, 0.5) is 0 Å². The van der Waals surface area contributed by atoms with Crippen molar-refractivity contribution in [2.45, 2.75) is 58.0 Å². The molecule has 0 aromatic rings. The number of ether oxygens (including phenoxy) is 1. The van der Waals surface area contributed by atoms with Crippen molar-refractivity contribution < 1.29 is 19.4 Å². The van der Waals surface area contributed by atoms with E-state index in [0.717, 1.165) is 19.3 Å². The van der Waals surface area contributed by atoms with E-state index in [1.165, 1.54) is 19.3 Å². The molecule has 0 bridgehead atoms. The fraction of sp³-hybridized carbons (Fsp3) is 0.833. The molecule has 1 N–H and O–H groups in total. The molecule has 100 valence electrons. The number of hydrogen-bond acceptors (Lipinski definition) is 4. The summed E-state index contributed by atoms with van der Waals surface area (Å²) in [6, 6.07) is 0. The van der Waals surface area contributed by atoms with Gasteiger partial charge in [-0.25, -0.2) is 0 Å². The van der Waals surface area contributed by atoms with E-state index in [1.807, 2.05) is 0 Å². The van der Waals surface area contributed by atoms with Gasteiger partial charge in [0.1, 0.15) is 6.10 Å². The van der Waals surface area contributed by atoms with Gasteiger partial charge in [-0.3, -0.25) is 9.59 Å². The summed E-state index contributed by atoms with van der Waals surface area (Å²) in [4.78, 5) is 21.7. The molecule has 0 heterocycles. The molecule has 0 saturated carbocycles. The quantitative estimate of drug-likeness (QED) is 0.359. The Morgan fingerprint density at radius 3 is 2.35 bits per heavy atom. The van der Waals surface area contributed by atoms with Gasteiger partial charge in [0.2, 0.25) is 5.12 Å². The van der Waals surface area contributed by atoms with Crippen molar-refractivity contribution in [3.05, 3.63) is 0 Å². The molecule has 0 aromatic carbocycles. The number of aliphatic hydroxyl groups is 1. The molecule has 5 heteroatoms. The highest BCUT2D eigenvalue weighted by Crippen LogP contribution is 2.05. The maximum Gasteiger partial charge on any atom is 0.308 e.